The fraction of sp³-hybridized carbons (Fsp3) is 0.615. The van der Waals surface area contributed by atoms with E-state index in [0.29, 0.717) is 24.4 Å². The molecule has 1 saturated carbocycles. The molecule has 1 aliphatic rings. The van der Waals surface area contributed by atoms with Crippen molar-refractivity contribution in [2.75, 3.05) is 6.26 Å². The fourth-order valence-electron chi connectivity index (χ4n) is 2.38. The lowest BCUT2D eigenvalue weighted by molar-refractivity contribution is -0.126. The molecule has 2 rings (SSSR count). The topological polar surface area (TPSA) is 89.0 Å². The summed E-state index contributed by atoms with van der Waals surface area (Å²) in [6, 6.07) is 1.37. The summed E-state index contributed by atoms with van der Waals surface area (Å²) in [4.78, 5) is 20.6. The van der Waals surface area contributed by atoms with Crippen molar-refractivity contribution < 1.29 is 13.2 Å². The molecule has 1 aliphatic carbocycles. The van der Waals surface area contributed by atoms with Gasteiger partial charge < -0.3 is 5.32 Å². The molecular formula is C13H19N3O3S. The summed E-state index contributed by atoms with van der Waals surface area (Å²) in [5.41, 5.74) is 0.675. The average Bonchev–Trinajstić information content (AvgIpc) is 2.24. The molecule has 20 heavy (non-hydrogen) atoms. The first-order chi connectivity index (χ1) is 9.26. The number of sulfone groups is 1. The number of hydrogen-bond donors (Lipinski definition) is 1. The molecule has 0 spiro atoms. The Bertz CT molecular complexity index is 624. The maximum absolute atomic E-state index is 12.3. The first-order valence-corrected chi connectivity index (χ1v) is 8.45. The lowest BCUT2D eigenvalue weighted by Crippen LogP contribution is -2.57. The quantitative estimate of drug-likeness (QED) is 0.893. The smallest absolute Gasteiger partial charge is 0.241 e. The Hall–Kier alpha value is -1.50. The minimum absolute atomic E-state index is 0.344. The van der Waals surface area contributed by atoms with Gasteiger partial charge in [0.1, 0.15) is 10.6 Å². The third-order valence-electron chi connectivity index (χ3n) is 3.87. The number of carbonyl (C=O) groups excluding carboxylic acids is 1. The van der Waals surface area contributed by atoms with Crippen LogP contribution in [0, 0.1) is 6.92 Å². The van der Waals surface area contributed by atoms with Crippen LogP contribution in [0.2, 0.25) is 0 Å². The van der Waals surface area contributed by atoms with E-state index in [4.69, 9.17) is 0 Å². The van der Waals surface area contributed by atoms with Gasteiger partial charge in [0.2, 0.25) is 5.91 Å². The van der Waals surface area contributed by atoms with Crippen LogP contribution in [0.25, 0.3) is 0 Å². The molecular weight excluding hydrogens is 278 g/mol. The molecule has 1 amide bonds. The number of aryl methyl sites for hydroxylation is 1. The van der Waals surface area contributed by atoms with Gasteiger partial charge in [0.25, 0.3) is 0 Å². The first-order valence-electron chi connectivity index (χ1n) is 6.56. The first kappa shape index (κ1) is 14.9. The minimum Gasteiger partial charge on any atom is -0.347 e. The summed E-state index contributed by atoms with van der Waals surface area (Å²) in [5.74, 6) is 0.195. The van der Waals surface area contributed by atoms with Crippen molar-refractivity contribution in [2.45, 2.75) is 43.9 Å². The van der Waals surface area contributed by atoms with Gasteiger partial charge >= 0.3 is 0 Å². The maximum Gasteiger partial charge on any atom is 0.241 e. The van der Waals surface area contributed by atoms with Gasteiger partial charge in [-0.05, 0) is 39.2 Å². The van der Waals surface area contributed by atoms with E-state index in [1.165, 1.54) is 0 Å². The van der Waals surface area contributed by atoms with Crippen molar-refractivity contribution in [3.05, 3.63) is 23.8 Å². The third-order valence-corrected chi connectivity index (χ3v) is 5.89. The molecule has 1 heterocycles. The lowest BCUT2D eigenvalue weighted by Gasteiger charge is -2.38. The van der Waals surface area contributed by atoms with Crippen LogP contribution in [-0.4, -0.2) is 35.3 Å². The number of nitrogens with one attached hydrogen (secondary N) is 1. The van der Waals surface area contributed by atoms with Gasteiger partial charge in [0, 0.05) is 12.5 Å². The van der Waals surface area contributed by atoms with Crippen molar-refractivity contribution >= 4 is 15.7 Å². The number of amides is 1. The monoisotopic (exact) mass is 297 g/mol. The van der Waals surface area contributed by atoms with Gasteiger partial charge in [-0.3, -0.25) is 4.79 Å². The Morgan fingerprint density at radius 2 is 2.10 bits per heavy atom. The van der Waals surface area contributed by atoms with E-state index in [2.05, 4.69) is 15.3 Å². The summed E-state index contributed by atoms with van der Waals surface area (Å²) in [6.07, 6.45) is 4.31. The van der Waals surface area contributed by atoms with E-state index in [1.807, 2.05) is 0 Å². The number of carbonyl (C=O) groups is 1. The average molecular weight is 297 g/mol. The highest BCUT2D eigenvalue weighted by molar-refractivity contribution is 7.93. The van der Waals surface area contributed by atoms with E-state index in [1.54, 1.807) is 26.1 Å². The number of rotatable bonds is 4. The summed E-state index contributed by atoms with van der Waals surface area (Å²) < 4.78 is 22.5. The van der Waals surface area contributed by atoms with Crippen LogP contribution in [0.4, 0.5) is 0 Å². The Labute approximate surface area is 118 Å². The molecule has 0 radical (unpaired) electrons. The van der Waals surface area contributed by atoms with Crippen LogP contribution < -0.4 is 5.32 Å². The second-order valence-corrected chi connectivity index (χ2v) is 7.67. The Balaban J connectivity index is 2.16. The van der Waals surface area contributed by atoms with Gasteiger partial charge in [0.05, 0.1) is 11.7 Å². The van der Waals surface area contributed by atoms with Crippen molar-refractivity contribution in [1.82, 2.24) is 15.3 Å². The predicted octanol–water partition coefficient (Wildman–Crippen LogP) is 0.930. The molecule has 7 heteroatoms. The standard InChI is InChI=1S/C13H19N3O3S/c1-9(11-5-8-14-10(2)16-11)15-12(17)13(6-4-7-13)20(3,18)19/h5,8-9H,4,6-7H2,1-3H3,(H,15,17)/t9-/m0/s1. The zero-order chi connectivity index (χ0) is 15.0. The summed E-state index contributed by atoms with van der Waals surface area (Å²) >= 11 is 0. The van der Waals surface area contributed by atoms with Crippen LogP contribution in [0.3, 0.4) is 0 Å². The van der Waals surface area contributed by atoms with Crippen molar-refractivity contribution in [1.29, 1.82) is 0 Å². The van der Waals surface area contributed by atoms with E-state index in [-0.39, 0.29) is 6.04 Å². The molecule has 1 N–H and O–H groups in total. The van der Waals surface area contributed by atoms with Crippen LogP contribution in [0.5, 0.6) is 0 Å². The Kier molecular flexibility index (Phi) is 3.82. The molecule has 0 saturated heterocycles. The molecule has 1 aromatic rings. The number of nitrogens with zero attached hydrogens (tertiary/aromatic N) is 2. The second-order valence-electron chi connectivity index (χ2n) is 5.34. The number of aromatic nitrogens is 2. The minimum atomic E-state index is -3.41. The Morgan fingerprint density at radius 3 is 2.55 bits per heavy atom. The maximum atomic E-state index is 12.3. The van der Waals surface area contributed by atoms with Crippen LogP contribution >= 0.6 is 0 Å². The zero-order valence-corrected chi connectivity index (χ0v) is 12.7. The molecule has 6 nitrogen and oxygen atoms in total. The van der Waals surface area contributed by atoms with Gasteiger partial charge in [-0.1, -0.05) is 0 Å². The summed E-state index contributed by atoms with van der Waals surface area (Å²) in [7, 11) is -3.41. The van der Waals surface area contributed by atoms with E-state index in [0.717, 1.165) is 12.7 Å². The SMILES string of the molecule is Cc1nccc([C@H](C)NC(=O)C2(S(C)(=O)=O)CCC2)n1. The summed E-state index contributed by atoms with van der Waals surface area (Å²) in [5, 5.41) is 2.76. The highest BCUT2D eigenvalue weighted by Gasteiger charge is 2.53. The van der Waals surface area contributed by atoms with Crippen molar-refractivity contribution in [3.63, 3.8) is 0 Å². The molecule has 0 bridgehead atoms. The van der Waals surface area contributed by atoms with E-state index in [9.17, 15) is 13.2 Å². The zero-order valence-electron chi connectivity index (χ0n) is 11.9. The molecule has 1 aromatic heterocycles. The van der Waals surface area contributed by atoms with E-state index < -0.39 is 20.5 Å². The largest absolute Gasteiger partial charge is 0.347 e. The fourth-order valence-corrected chi connectivity index (χ4v) is 3.81. The molecule has 0 aromatic carbocycles. The summed E-state index contributed by atoms with van der Waals surface area (Å²) in [6.45, 7) is 3.55. The van der Waals surface area contributed by atoms with Gasteiger partial charge in [-0.2, -0.15) is 0 Å². The van der Waals surface area contributed by atoms with Gasteiger partial charge in [-0.15, -0.1) is 0 Å². The van der Waals surface area contributed by atoms with Crippen LogP contribution in [0.15, 0.2) is 12.3 Å². The molecule has 1 atom stereocenters. The molecule has 1 fully saturated rings. The van der Waals surface area contributed by atoms with Crippen LogP contribution in [0.1, 0.15) is 43.7 Å². The van der Waals surface area contributed by atoms with Crippen molar-refractivity contribution in [2.24, 2.45) is 0 Å². The van der Waals surface area contributed by atoms with Crippen molar-refractivity contribution in [3.8, 4) is 0 Å². The number of hydrogen-bond acceptors (Lipinski definition) is 5. The third kappa shape index (κ3) is 2.54. The van der Waals surface area contributed by atoms with Gasteiger partial charge in [-0.25, -0.2) is 18.4 Å². The molecule has 0 aliphatic heterocycles. The lowest BCUT2D eigenvalue weighted by atomic mass is 9.83. The highest BCUT2D eigenvalue weighted by atomic mass is 32.2. The normalized spacial score (nSPS) is 18.9. The predicted molar refractivity (Wildman–Crippen MR) is 74.8 cm³/mol. The molecule has 0 unspecified atom stereocenters. The Morgan fingerprint density at radius 1 is 1.45 bits per heavy atom. The molecule has 110 valence electrons. The van der Waals surface area contributed by atoms with E-state index >= 15 is 0 Å². The van der Waals surface area contributed by atoms with Gasteiger partial charge in [0.15, 0.2) is 9.84 Å². The highest BCUT2D eigenvalue weighted by Crippen LogP contribution is 2.39. The van der Waals surface area contributed by atoms with Crippen LogP contribution in [-0.2, 0) is 14.6 Å². The second kappa shape index (κ2) is 5.12.